The maximum atomic E-state index is 11.8. The molecule has 0 amide bonds. The fourth-order valence-corrected chi connectivity index (χ4v) is 6.58. The lowest BCUT2D eigenvalue weighted by molar-refractivity contribution is -0.129. The van der Waals surface area contributed by atoms with Crippen molar-refractivity contribution in [2.45, 2.75) is 71.0 Å². The third-order valence-corrected chi connectivity index (χ3v) is 8.02. The maximum absolute atomic E-state index is 11.8. The van der Waals surface area contributed by atoms with Crippen LogP contribution in [0.2, 0.25) is 0 Å². The van der Waals surface area contributed by atoms with Gasteiger partial charge in [-0.1, -0.05) is 19.4 Å². The second-order valence-corrected chi connectivity index (χ2v) is 8.69. The largest absolute Gasteiger partial charge is 0.393 e. The summed E-state index contributed by atoms with van der Waals surface area (Å²) in [7, 11) is 0. The molecule has 0 spiro atoms. The van der Waals surface area contributed by atoms with E-state index in [9.17, 15) is 15.0 Å². The van der Waals surface area contributed by atoms with E-state index in [0.717, 1.165) is 38.5 Å². The minimum atomic E-state index is -0.525. The molecule has 3 fully saturated rings. The zero-order valence-corrected chi connectivity index (χ0v) is 13.7. The summed E-state index contributed by atoms with van der Waals surface area (Å²) < 4.78 is 0. The van der Waals surface area contributed by atoms with E-state index in [1.165, 1.54) is 5.57 Å². The zero-order valence-electron chi connectivity index (χ0n) is 13.7. The van der Waals surface area contributed by atoms with E-state index in [-0.39, 0.29) is 29.1 Å². The highest BCUT2D eigenvalue weighted by Crippen LogP contribution is 2.65. The zero-order chi connectivity index (χ0) is 15.7. The van der Waals surface area contributed by atoms with Crippen LogP contribution in [0.25, 0.3) is 0 Å². The second-order valence-electron chi connectivity index (χ2n) is 8.69. The Morgan fingerprint density at radius 3 is 2.59 bits per heavy atom. The number of aliphatic hydroxyl groups is 2. The summed E-state index contributed by atoms with van der Waals surface area (Å²) >= 11 is 0. The first-order valence-electron chi connectivity index (χ1n) is 8.97. The molecule has 3 heteroatoms. The number of fused-ring (bicyclic) bond motifs is 5. The van der Waals surface area contributed by atoms with Gasteiger partial charge in [0.15, 0.2) is 5.78 Å². The highest BCUT2D eigenvalue weighted by atomic mass is 16.3. The molecule has 0 aromatic rings. The summed E-state index contributed by atoms with van der Waals surface area (Å²) in [5, 5.41) is 21.2. The Balaban J connectivity index is 1.72. The molecule has 122 valence electrons. The molecule has 3 saturated carbocycles. The highest BCUT2D eigenvalue weighted by molar-refractivity contribution is 5.92. The van der Waals surface area contributed by atoms with Crippen molar-refractivity contribution >= 4 is 5.78 Å². The molecule has 0 aliphatic heterocycles. The van der Waals surface area contributed by atoms with Crippen molar-refractivity contribution < 1.29 is 15.0 Å². The maximum Gasteiger partial charge on any atom is 0.158 e. The van der Waals surface area contributed by atoms with E-state index >= 15 is 0 Å². The topological polar surface area (TPSA) is 57.5 Å². The van der Waals surface area contributed by atoms with Crippen LogP contribution in [0.4, 0.5) is 0 Å². The van der Waals surface area contributed by atoms with E-state index in [1.807, 2.05) is 6.08 Å². The van der Waals surface area contributed by atoms with Crippen LogP contribution in [-0.2, 0) is 4.79 Å². The van der Waals surface area contributed by atoms with Crippen LogP contribution < -0.4 is 0 Å². The van der Waals surface area contributed by atoms with Crippen molar-refractivity contribution in [1.82, 2.24) is 0 Å². The summed E-state index contributed by atoms with van der Waals surface area (Å²) in [5.74, 6) is 1.75. The first-order valence-corrected chi connectivity index (χ1v) is 8.97. The number of rotatable bonds is 0. The lowest BCUT2D eigenvalue weighted by Crippen LogP contribution is -2.55. The average molecular weight is 304 g/mol. The van der Waals surface area contributed by atoms with Gasteiger partial charge in [0.05, 0.1) is 12.2 Å². The highest BCUT2D eigenvalue weighted by Gasteiger charge is 2.60. The summed E-state index contributed by atoms with van der Waals surface area (Å²) in [6.45, 7) is 4.47. The monoisotopic (exact) mass is 304 g/mol. The summed E-state index contributed by atoms with van der Waals surface area (Å²) in [6, 6.07) is 0. The van der Waals surface area contributed by atoms with Crippen LogP contribution in [0.15, 0.2) is 11.6 Å². The first-order chi connectivity index (χ1) is 10.4. The molecule has 0 unspecified atom stereocenters. The van der Waals surface area contributed by atoms with Crippen LogP contribution in [0, 0.1) is 28.6 Å². The molecule has 0 saturated heterocycles. The van der Waals surface area contributed by atoms with Gasteiger partial charge < -0.3 is 10.2 Å². The number of carbonyl (C=O) groups is 1. The first kappa shape index (κ1) is 14.9. The lowest BCUT2D eigenvalue weighted by Gasteiger charge is -2.58. The van der Waals surface area contributed by atoms with Gasteiger partial charge in [0.2, 0.25) is 0 Å². The minimum Gasteiger partial charge on any atom is -0.393 e. The van der Waals surface area contributed by atoms with E-state index in [0.29, 0.717) is 17.8 Å². The predicted molar refractivity (Wildman–Crippen MR) is 84.1 cm³/mol. The van der Waals surface area contributed by atoms with Gasteiger partial charge >= 0.3 is 0 Å². The normalized spacial score (nSPS) is 54.3. The standard InChI is InChI=1S/C19H28O3/c1-18-8-7-15-13(14(18)5-6-16(18)21)4-3-11-9-12(20)10-17(22)19(11,15)2/h9,13-17,21-22H,3-8,10H2,1-2H3/t13-,14-,15-,16-,17-,18-,19-/m0/s1. The Bertz CT molecular complexity index is 539. The van der Waals surface area contributed by atoms with Gasteiger partial charge in [-0.05, 0) is 67.8 Å². The van der Waals surface area contributed by atoms with E-state index in [4.69, 9.17) is 0 Å². The third-order valence-electron chi connectivity index (χ3n) is 8.02. The Kier molecular flexibility index (Phi) is 3.16. The van der Waals surface area contributed by atoms with Crippen molar-refractivity contribution in [3.05, 3.63) is 11.6 Å². The van der Waals surface area contributed by atoms with Gasteiger partial charge in [-0.3, -0.25) is 4.79 Å². The van der Waals surface area contributed by atoms with Gasteiger partial charge in [-0.2, -0.15) is 0 Å². The average Bonchev–Trinajstić information content (AvgIpc) is 2.77. The fraction of sp³-hybridized carbons (Fsp3) is 0.842. The molecular weight excluding hydrogens is 276 g/mol. The van der Waals surface area contributed by atoms with E-state index < -0.39 is 6.10 Å². The summed E-state index contributed by atoms with van der Waals surface area (Å²) in [4.78, 5) is 11.8. The second kappa shape index (κ2) is 4.67. The smallest absolute Gasteiger partial charge is 0.158 e. The fourth-order valence-electron chi connectivity index (χ4n) is 6.58. The van der Waals surface area contributed by atoms with Crippen molar-refractivity contribution in [1.29, 1.82) is 0 Å². The molecule has 2 N–H and O–H groups in total. The van der Waals surface area contributed by atoms with Crippen molar-refractivity contribution in [2.75, 3.05) is 0 Å². The SMILES string of the molecule is C[C@]12CC[C@H]3[C@@H](CCC4=CC(=O)C[C@H](O)[C@@]43C)[C@@H]1CC[C@@H]2O. The Hall–Kier alpha value is -0.670. The molecule has 0 aromatic heterocycles. The van der Waals surface area contributed by atoms with Crippen molar-refractivity contribution in [3.8, 4) is 0 Å². The molecule has 0 bridgehead atoms. The van der Waals surface area contributed by atoms with Crippen LogP contribution >= 0.6 is 0 Å². The molecule has 0 heterocycles. The summed E-state index contributed by atoms with van der Waals surface area (Å²) in [5.41, 5.74) is 1.06. The van der Waals surface area contributed by atoms with Crippen LogP contribution in [0.3, 0.4) is 0 Å². The van der Waals surface area contributed by atoms with Crippen molar-refractivity contribution in [3.63, 3.8) is 0 Å². The molecular formula is C19H28O3. The molecule has 3 nitrogen and oxygen atoms in total. The van der Waals surface area contributed by atoms with Crippen LogP contribution in [0.1, 0.15) is 58.8 Å². The minimum absolute atomic E-state index is 0.0776. The van der Waals surface area contributed by atoms with Crippen LogP contribution in [0.5, 0.6) is 0 Å². The molecule has 4 aliphatic carbocycles. The molecule has 0 radical (unpaired) electrons. The molecule has 4 rings (SSSR count). The molecule has 4 aliphatic rings. The Labute approximate surface area is 132 Å². The Morgan fingerprint density at radius 1 is 1.05 bits per heavy atom. The van der Waals surface area contributed by atoms with Crippen molar-refractivity contribution in [2.24, 2.45) is 28.6 Å². The molecule has 22 heavy (non-hydrogen) atoms. The molecule has 7 atom stereocenters. The van der Waals surface area contributed by atoms with Gasteiger partial charge in [0.25, 0.3) is 0 Å². The Morgan fingerprint density at radius 2 is 1.82 bits per heavy atom. The number of aliphatic hydroxyl groups excluding tert-OH is 2. The lowest BCUT2D eigenvalue weighted by atomic mass is 9.47. The number of hydrogen-bond donors (Lipinski definition) is 2. The molecule has 0 aromatic carbocycles. The van der Waals surface area contributed by atoms with Gasteiger partial charge in [0.1, 0.15) is 0 Å². The van der Waals surface area contributed by atoms with E-state index in [1.54, 1.807) is 0 Å². The number of ketones is 1. The predicted octanol–water partition coefficient (Wildman–Crippen LogP) is 2.85. The van der Waals surface area contributed by atoms with Gasteiger partial charge in [-0.15, -0.1) is 0 Å². The number of hydrogen-bond acceptors (Lipinski definition) is 3. The van der Waals surface area contributed by atoms with Crippen LogP contribution in [-0.4, -0.2) is 28.2 Å². The van der Waals surface area contributed by atoms with Gasteiger partial charge in [0, 0.05) is 11.8 Å². The number of carbonyl (C=O) groups excluding carboxylic acids is 1. The third kappa shape index (κ3) is 1.73. The quantitative estimate of drug-likeness (QED) is 0.723. The summed E-state index contributed by atoms with van der Waals surface area (Å²) in [6.07, 6.45) is 7.71. The van der Waals surface area contributed by atoms with Gasteiger partial charge in [-0.25, -0.2) is 0 Å². The van der Waals surface area contributed by atoms with E-state index in [2.05, 4.69) is 13.8 Å².